The van der Waals surface area contributed by atoms with Gasteiger partial charge in [0.1, 0.15) is 11.5 Å². The fourth-order valence-electron chi connectivity index (χ4n) is 8.38. The van der Waals surface area contributed by atoms with Gasteiger partial charge in [-0.15, -0.1) is 11.3 Å². The van der Waals surface area contributed by atoms with Crippen molar-refractivity contribution in [3.63, 3.8) is 0 Å². The number of thiophene rings is 1. The molecule has 0 saturated heterocycles. The first-order chi connectivity index (χ1) is 27.3. The maximum Gasteiger partial charge on any atom is 0.164 e. The van der Waals surface area contributed by atoms with E-state index in [0.29, 0.717) is 17.5 Å². The third-order valence-electron chi connectivity index (χ3n) is 10.9. The van der Waals surface area contributed by atoms with E-state index in [0.717, 1.165) is 55.8 Å². The lowest BCUT2D eigenvalue weighted by Gasteiger charge is -2.23. The highest BCUT2D eigenvalue weighted by Crippen LogP contribution is 2.50. The number of hydrogen-bond donors (Lipinski definition) is 0. The summed E-state index contributed by atoms with van der Waals surface area (Å²) in [6.07, 6.45) is 0. The molecule has 12 rings (SSSR count). The van der Waals surface area contributed by atoms with E-state index in [9.17, 15) is 0 Å². The molecule has 55 heavy (non-hydrogen) atoms. The van der Waals surface area contributed by atoms with Gasteiger partial charge >= 0.3 is 0 Å². The van der Waals surface area contributed by atoms with Crippen LogP contribution in [0.5, 0.6) is 11.5 Å². The first-order valence-corrected chi connectivity index (χ1v) is 19.2. The lowest BCUT2D eigenvalue weighted by atomic mass is 9.92. The Balaban J connectivity index is 1.04. The van der Waals surface area contributed by atoms with Crippen LogP contribution >= 0.6 is 11.3 Å². The molecule has 256 valence electrons. The molecule has 5 nitrogen and oxygen atoms in total. The van der Waals surface area contributed by atoms with Crippen molar-refractivity contribution in [1.82, 2.24) is 19.5 Å². The summed E-state index contributed by atoms with van der Waals surface area (Å²) in [5.74, 6) is 3.54. The van der Waals surface area contributed by atoms with E-state index in [4.69, 9.17) is 19.7 Å². The summed E-state index contributed by atoms with van der Waals surface area (Å²) in [7, 11) is 0. The van der Waals surface area contributed by atoms with Crippen molar-refractivity contribution < 1.29 is 4.74 Å². The van der Waals surface area contributed by atoms with Gasteiger partial charge in [0.15, 0.2) is 17.5 Å². The van der Waals surface area contributed by atoms with Gasteiger partial charge in [0, 0.05) is 65.6 Å². The Hall–Kier alpha value is -7.15. The summed E-state index contributed by atoms with van der Waals surface area (Å²) >= 11 is 1.86. The standard InChI is InChI=1S/C49H28N4OS/c1-3-12-29(13-4-1)47-50-48(30-14-5-2-6-15-30)52-49(51-47)39-26-27-41-44-35(18-11-19-36(39)44)33-23-22-31(28-42(33)54-41)53-40-20-9-7-16-32(40)37-24-25-38-34-17-8-10-21-43(34)55-46(38)45(37)53/h1-28H. The Bertz CT molecular complexity index is 3290. The lowest BCUT2D eigenvalue weighted by molar-refractivity contribution is 0.487. The van der Waals surface area contributed by atoms with E-state index in [2.05, 4.69) is 114 Å². The monoisotopic (exact) mass is 720 g/mol. The van der Waals surface area contributed by atoms with Crippen molar-refractivity contribution >= 4 is 64.1 Å². The van der Waals surface area contributed by atoms with Crippen LogP contribution in [0.2, 0.25) is 0 Å². The average Bonchev–Trinajstić information content (AvgIpc) is 3.80. The number of para-hydroxylation sites is 1. The van der Waals surface area contributed by atoms with Crippen LogP contribution in [0.25, 0.3) is 104 Å². The molecule has 6 heteroatoms. The zero-order valence-electron chi connectivity index (χ0n) is 29.3. The van der Waals surface area contributed by atoms with E-state index in [-0.39, 0.29) is 0 Å². The molecule has 11 aromatic rings. The largest absolute Gasteiger partial charge is 0.456 e. The molecular formula is C49H28N4OS. The Morgan fingerprint density at radius 2 is 1.09 bits per heavy atom. The molecule has 0 radical (unpaired) electrons. The van der Waals surface area contributed by atoms with Gasteiger partial charge in [-0.2, -0.15) is 0 Å². The number of aromatic nitrogens is 4. The van der Waals surface area contributed by atoms with E-state index in [1.807, 2.05) is 72.0 Å². The van der Waals surface area contributed by atoms with Crippen LogP contribution in [0.1, 0.15) is 0 Å². The number of hydrogen-bond acceptors (Lipinski definition) is 5. The summed E-state index contributed by atoms with van der Waals surface area (Å²) in [6, 6.07) is 59.4. The molecule has 1 aliphatic rings. The molecule has 0 bridgehead atoms. The first kappa shape index (κ1) is 30.3. The summed E-state index contributed by atoms with van der Waals surface area (Å²) in [6.45, 7) is 0. The Morgan fingerprint density at radius 1 is 0.436 bits per heavy atom. The Kier molecular flexibility index (Phi) is 6.44. The normalized spacial score (nSPS) is 12.1. The Morgan fingerprint density at radius 3 is 1.89 bits per heavy atom. The second-order valence-corrected chi connectivity index (χ2v) is 15.0. The van der Waals surface area contributed by atoms with Gasteiger partial charge in [-0.05, 0) is 47.3 Å². The van der Waals surface area contributed by atoms with Crippen LogP contribution in [0.3, 0.4) is 0 Å². The number of ether oxygens (including phenoxy) is 1. The van der Waals surface area contributed by atoms with Crippen LogP contribution in [0.15, 0.2) is 170 Å². The van der Waals surface area contributed by atoms with E-state index in [1.54, 1.807) is 0 Å². The topological polar surface area (TPSA) is 52.8 Å². The maximum absolute atomic E-state index is 6.86. The second kappa shape index (κ2) is 11.7. The predicted octanol–water partition coefficient (Wildman–Crippen LogP) is 13.3. The number of rotatable bonds is 4. The van der Waals surface area contributed by atoms with Gasteiger partial charge in [0.25, 0.3) is 0 Å². The summed E-state index contributed by atoms with van der Waals surface area (Å²) in [5, 5.41) is 7.15. The van der Waals surface area contributed by atoms with Crippen LogP contribution in [0.4, 0.5) is 0 Å². The molecule has 0 spiro atoms. The van der Waals surface area contributed by atoms with Crippen molar-refractivity contribution in [2.75, 3.05) is 0 Å². The van der Waals surface area contributed by atoms with Crippen molar-refractivity contribution in [2.24, 2.45) is 0 Å². The average molecular weight is 721 g/mol. The molecule has 0 atom stereocenters. The fourth-order valence-corrected chi connectivity index (χ4v) is 9.62. The van der Waals surface area contributed by atoms with Crippen molar-refractivity contribution in [3.05, 3.63) is 170 Å². The summed E-state index contributed by atoms with van der Waals surface area (Å²) < 4.78 is 11.9. The van der Waals surface area contributed by atoms with Gasteiger partial charge in [-0.25, -0.2) is 15.0 Å². The Labute approximate surface area is 319 Å². The fraction of sp³-hybridized carbons (Fsp3) is 0. The van der Waals surface area contributed by atoms with Crippen LogP contribution in [-0.2, 0) is 0 Å². The minimum atomic E-state index is 0.622. The zero-order chi connectivity index (χ0) is 36.0. The van der Waals surface area contributed by atoms with Crippen molar-refractivity contribution in [3.8, 4) is 62.5 Å². The summed E-state index contributed by atoms with van der Waals surface area (Å²) in [4.78, 5) is 15.0. The zero-order valence-corrected chi connectivity index (χ0v) is 30.1. The van der Waals surface area contributed by atoms with Crippen LogP contribution in [-0.4, -0.2) is 19.5 Å². The number of fused-ring (bicyclic) bond motifs is 9. The van der Waals surface area contributed by atoms with Gasteiger partial charge in [-0.3, -0.25) is 0 Å². The third-order valence-corrected chi connectivity index (χ3v) is 12.0. The van der Waals surface area contributed by atoms with E-state index >= 15 is 0 Å². The molecule has 8 aromatic carbocycles. The molecule has 3 aromatic heterocycles. The second-order valence-electron chi connectivity index (χ2n) is 13.9. The van der Waals surface area contributed by atoms with Crippen LogP contribution in [0, 0.1) is 0 Å². The van der Waals surface area contributed by atoms with E-state index < -0.39 is 0 Å². The highest BCUT2D eigenvalue weighted by Gasteiger charge is 2.25. The molecule has 0 amide bonds. The maximum atomic E-state index is 6.86. The number of nitrogens with zero attached hydrogens (tertiary/aromatic N) is 4. The molecule has 1 aliphatic heterocycles. The SMILES string of the molecule is c1ccc(-c2nc(-c3ccccc3)nc(-c3ccc4c5c(cccc35)-c3ccc(-n5c6ccccc6c6ccc7c8ccccc8sc7c65)cc3O4)n2)cc1. The van der Waals surface area contributed by atoms with Gasteiger partial charge < -0.3 is 9.30 Å². The molecule has 4 heterocycles. The molecule has 0 saturated carbocycles. The highest BCUT2D eigenvalue weighted by molar-refractivity contribution is 7.26. The minimum Gasteiger partial charge on any atom is -0.456 e. The molecule has 0 unspecified atom stereocenters. The predicted molar refractivity (Wildman–Crippen MR) is 226 cm³/mol. The van der Waals surface area contributed by atoms with Gasteiger partial charge in [-0.1, -0.05) is 127 Å². The summed E-state index contributed by atoms with van der Waals surface area (Å²) in [5.41, 5.74) is 8.45. The quantitative estimate of drug-likeness (QED) is 0.182. The molecule has 0 aliphatic carbocycles. The smallest absolute Gasteiger partial charge is 0.164 e. The number of benzene rings is 8. The van der Waals surface area contributed by atoms with Crippen LogP contribution < -0.4 is 4.74 Å². The minimum absolute atomic E-state index is 0.622. The van der Waals surface area contributed by atoms with Gasteiger partial charge in [0.2, 0.25) is 0 Å². The van der Waals surface area contributed by atoms with Crippen molar-refractivity contribution in [1.29, 1.82) is 0 Å². The van der Waals surface area contributed by atoms with Crippen molar-refractivity contribution in [2.45, 2.75) is 0 Å². The lowest BCUT2D eigenvalue weighted by Crippen LogP contribution is -2.03. The molecule has 0 N–H and O–H groups in total. The molecular weight excluding hydrogens is 693 g/mol. The third kappa shape index (κ3) is 4.55. The first-order valence-electron chi connectivity index (χ1n) is 18.4. The van der Waals surface area contributed by atoms with Gasteiger partial charge in [0.05, 0.1) is 15.7 Å². The van der Waals surface area contributed by atoms with E-state index in [1.165, 1.54) is 42.0 Å². The highest BCUT2D eigenvalue weighted by atomic mass is 32.1. The molecule has 0 fully saturated rings.